The number of carbonyl (C=O) groups excluding carboxylic acids is 1. The Hall–Kier alpha value is -1.16. The molecule has 0 aromatic heterocycles. The Bertz CT molecular complexity index is 664. The highest BCUT2D eigenvalue weighted by atomic mass is 79.9. The maximum absolute atomic E-state index is 12.4. The topological polar surface area (TPSA) is 29.1 Å². The number of hydrogen-bond donors (Lipinski definition) is 1. The molecule has 128 valence electrons. The fraction of sp³-hybridized carbons (Fsp3) is 0.350. The Morgan fingerprint density at radius 1 is 1.12 bits per heavy atom. The van der Waals surface area contributed by atoms with E-state index in [0.29, 0.717) is 12.5 Å². The van der Waals surface area contributed by atoms with Gasteiger partial charge in [0.15, 0.2) is 5.78 Å². The fourth-order valence-electron chi connectivity index (χ4n) is 2.85. The molecule has 1 unspecified atom stereocenters. The number of benzene rings is 2. The third kappa shape index (κ3) is 5.73. The van der Waals surface area contributed by atoms with Crippen LogP contribution in [0.3, 0.4) is 0 Å². The number of nitrogens with one attached hydrogen (secondary N) is 1. The average Bonchev–Trinajstić information content (AvgIpc) is 2.54. The van der Waals surface area contributed by atoms with E-state index in [1.165, 1.54) is 5.56 Å². The van der Waals surface area contributed by atoms with Crippen molar-refractivity contribution in [1.82, 2.24) is 5.32 Å². The van der Waals surface area contributed by atoms with Gasteiger partial charge in [-0.25, -0.2) is 0 Å². The highest BCUT2D eigenvalue weighted by Gasteiger charge is 2.12. The third-order valence-electron chi connectivity index (χ3n) is 4.02. The zero-order valence-corrected chi connectivity index (χ0v) is 16.5. The Labute approximate surface area is 157 Å². The molecule has 4 heteroatoms. The van der Waals surface area contributed by atoms with Crippen molar-refractivity contribution in [2.45, 2.75) is 26.2 Å². The van der Waals surface area contributed by atoms with Crippen LogP contribution in [0.1, 0.15) is 39.4 Å². The minimum absolute atomic E-state index is 0.135. The first-order valence-electron chi connectivity index (χ1n) is 8.13. The predicted molar refractivity (Wildman–Crippen MR) is 106 cm³/mol. The third-order valence-corrected chi connectivity index (χ3v) is 4.73. The quantitative estimate of drug-likeness (QED) is 0.474. The van der Waals surface area contributed by atoms with Gasteiger partial charge in [-0.3, -0.25) is 4.79 Å². The first-order valence-corrected chi connectivity index (χ1v) is 9.63. The Kier molecular flexibility index (Phi) is 7.47. The predicted octanol–water partition coefficient (Wildman–Crippen LogP) is 5.30. The van der Waals surface area contributed by atoms with E-state index >= 15 is 0 Å². The van der Waals surface area contributed by atoms with Crippen molar-refractivity contribution in [2.24, 2.45) is 0 Å². The average molecular weight is 409 g/mol. The zero-order valence-electron chi connectivity index (χ0n) is 14.1. The van der Waals surface area contributed by atoms with Crippen molar-refractivity contribution in [3.8, 4) is 0 Å². The standard InChI is InChI=1S/C20H23BrClNO/c1-14-9-15(2)11-18(10-14)20(24)13-23-12-17(7-8-21)16-3-5-19(22)6-4-16/h3-6,9-11,17,23H,7-8,12-13H2,1-2H3. The molecule has 0 aliphatic heterocycles. The number of rotatable bonds is 8. The Morgan fingerprint density at radius 2 is 1.75 bits per heavy atom. The molecule has 0 spiro atoms. The van der Waals surface area contributed by atoms with Crippen LogP contribution in [0.5, 0.6) is 0 Å². The van der Waals surface area contributed by atoms with Crippen LogP contribution in [0, 0.1) is 13.8 Å². The number of ketones is 1. The van der Waals surface area contributed by atoms with Gasteiger partial charge < -0.3 is 5.32 Å². The number of alkyl halides is 1. The summed E-state index contributed by atoms with van der Waals surface area (Å²) >= 11 is 9.48. The van der Waals surface area contributed by atoms with Gasteiger partial charge in [-0.2, -0.15) is 0 Å². The SMILES string of the molecule is Cc1cc(C)cc(C(=O)CNCC(CCBr)c2ccc(Cl)cc2)c1. The molecule has 0 aliphatic rings. The van der Waals surface area contributed by atoms with Gasteiger partial charge in [-0.05, 0) is 56.0 Å². The summed E-state index contributed by atoms with van der Waals surface area (Å²) < 4.78 is 0. The van der Waals surface area contributed by atoms with E-state index in [1.54, 1.807) is 0 Å². The van der Waals surface area contributed by atoms with Gasteiger partial charge in [0.2, 0.25) is 0 Å². The Morgan fingerprint density at radius 3 is 2.33 bits per heavy atom. The summed E-state index contributed by atoms with van der Waals surface area (Å²) in [5, 5.41) is 4.99. The molecule has 1 N–H and O–H groups in total. The molecule has 0 aliphatic carbocycles. The van der Waals surface area contributed by atoms with Gasteiger partial charge in [-0.1, -0.05) is 56.9 Å². The van der Waals surface area contributed by atoms with Crippen LogP contribution < -0.4 is 5.32 Å². The summed E-state index contributed by atoms with van der Waals surface area (Å²) in [5.74, 6) is 0.490. The maximum atomic E-state index is 12.4. The molecule has 2 aromatic carbocycles. The number of aryl methyl sites for hydroxylation is 2. The largest absolute Gasteiger partial charge is 0.309 e. The lowest BCUT2D eigenvalue weighted by Gasteiger charge is -2.17. The van der Waals surface area contributed by atoms with Gasteiger partial charge >= 0.3 is 0 Å². The minimum Gasteiger partial charge on any atom is -0.309 e. The molecule has 0 amide bonds. The molecule has 2 rings (SSSR count). The molecule has 1 atom stereocenters. The molecule has 0 saturated heterocycles. The van der Waals surface area contributed by atoms with Crippen LogP contribution in [-0.4, -0.2) is 24.2 Å². The summed E-state index contributed by atoms with van der Waals surface area (Å²) in [4.78, 5) is 12.4. The molecule has 0 fully saturated rings. The van der Waals surface area contributed by atoms with Crippen molar-refractivity contribution in [1.29, 1.82) is 0 Å². The van der Waals surface area contributed by atoms with E-state index in [9.17, 15) is 4.79 Å². The molecule has 2 aromatic rings. The van der Waals surface area contributed by atoms with E-state index in [4.69, 9.17) is 11.6 Å². The van der Waals surface area contributed by atoms with E-state index < -0.39 is 0 Å². The number of hydrogen-bond acceptors (Lipinski definition) is 2. The monoisotopic (exact) mass is 407 g/mol. The van der Waals surface area contributed by atoms with Crippen molar-refractivity contribution in [3.63, 3.8) is 0 Å². The molecule has 24 heavy (non-hydrogen) atoms. The van der Waals surface area contributed by atoms with Crippen LogP contribution in [0.2, 0.25) is 5.02 Å². The summed E-state index contributed by atoms with van der Waals surface area (Å²) in [6.07, 6.45) is 1.01. The smallest absolute Gasteiger partial charge is 0.176 e. The van der Waals surface area contributed by atoms with Crippen molar-refractivity contribution in [2.75, 3.05) is 18.4 Å². The Balaban J connectivity index is 1.94. The lowest BCUT2D eigenvalue weighted by atomic mass is 9.96. The van der Waals surface area contributed by atoms with Gasteiger partial charge in [0.1, 0.15) is 0 Å². The second-order valence-corrected chi connectivity index (χ2v) is 7.39. The zero-order chi connectivity index (χ0) is 17.5. The first-order chi connectivity index (χ1) is 11.5. The van der Waals surface area contributed by atoms with Gasteiger partial charge in [0.05, 0.1) is 6.54 Å². The van der Waals surface area contributed by atoms with Crippen LogP contribution in [0.25, 0.3) is 0 Å². The molecular formula is C20H23BrClNO. The lowest BCUT2D eigenvalue weighted by molar-refractivity contribution is 0.0990. The number of carbonyl (C=O) groups is 1. The molecule has 0 bridgehead atoms. The first kappa shape index (κ1) is 19.2. The highest BCUT2D eigenvalue weighted by Crippen LogP contribution is 2.22. The van der Waals surface area contributed by atoms with Crippen LogP contribution in [0.15, 0.2) is 42.5 Å². The molecule has 0 saturated carbocycles. The molecule has 0 heterocycles. The summed E-state index contributed by atoms with van der Waals surface area (Å²) in [7, 11) is 0. The van der Waals surface area contributed by atoms with E-state index in [0.717, 1.165) is 40.0 Å². The maximum Gasteiger partial charge on any atom is 0.176 e. The highest BCUT2D eigenvalue weighted by molar-refractivity contribution is 9.09. The van der Waals surface area contributed by atoms with Crippen LogP contribution in [-0.2, 0) is 0 Å². The lowest BCUT2D eigenvalue weighted by Crippen LogP contribution is -2.28. The molecule has 0 radical (unpaired) electrons. The summed E-state index contributed by atoms with van der Waals surface area (Å²) in [5.41, 5.74) is 4.27. The number of Topliss-reactive ketones (excluding diaryl/α,β-unsaturated/α-hetero) is 1. The van der Waals surface area contributed by atoms with Crippen LogP contribution >= 0.6 is 27.5 Å². The van der Waals surface area contributed by atoms with Gasteiger partial charge in [0, 0.05) is 22.5 Å². The van der Waals surface area contributed by atoms with Crippen molar-refractivity contribution < 1.29 is 4.79 Å². The fourth-order valence-corrected chi connectivity index (χ4v) is 3.53. The van der Waals surface area contributed by atoms with Crippen molar-refractivity contribution in [3.05, 3.63) is 69.7 Å². The van der Waals surface area contributed by atoms with E-state index in [1.807, 2.05) is 38.1 Å². The summed E-state index contributed by atoms with van der Waals surface area (Å²) in [6, 6.07) is 13.9. The molecular weight excluding hydrogens is 386 g/mol. The minimum atomic E-state index is 0.135. The van der Waals surface area contributed by atoms with E-state index in [2.05, 4.69) is 39.4 Å². The van der Waals surface area contributed by atoms with E-state index in [-0.39, 0.29) is 5.78 Å². The normalized spacial score (nSPS) is 12.2. The van der Waals surface area contributed by atoms with Crippen molar-refractivity contribution >= 4 is 33.3 Å². The second kappa shape index (κ2) is 9.36. The van der Waals surface area contributed by atoms with Crippen LogP contribution in [0.4, 0.5) is 0 Å². The second-order valence-electron chi connectivity index (χ2n) is 6.16. The molecule has 2 nitrogen and oxygen atoms in total. The van der Waals surface area contributed by atoms with Gasteiger partial charge in [-0.15, -0.1) is 0 Å². The van der Waals surface area contributed by atoms with Gasteiger partial charge in [0.25, 0.3) is 0 Å². The number of halogens is 2. The summed E-state index contributed by atoms with van der Waals surface area (Å²) in [6.45, 7) is 5.16.